The number of hydrogen-bond acceptors (Lipinski definition) is 5. The molecule has 0 bridgehead atoms. The Balaban J connectivity index is 3.50. The second kappa shape index (κ2) is 8.21. The van der Waals surface area contributed by atoms with Crippen molar-refractivity contribution in [1.29, 1.82) is 0 Å². The van der Waals surface area contributed by atoms with Crippen LogP contribution in [0.25, 0.3) is 0 Å². The molecule has 0 aliphatic heterocycles. The van der Waals surface area contributed by atoms with Gasteiger partial charge in [-0.2, -0.15) is 0 Å². The quantitative estimate of drug-likeness (QED) is 0.665. The Bertz CT molecular complexity index is 364. The van der Waals surface area contributed by atoms with E-state index in [1.165, 1.54) is 0 Å². The first kappa shape index (κ1) is 16.9. The summed E-state index contributed by atoms with van der Waals surface area (Å²) in [6.07, 6.45) is 0.796. The van der Waals surface area contributed by atoms with E-state index >= 15 is 0 Å². The molecule has 0 aliphatic rings. The maximum Gasteiger partial charge on any atom is 0.125 e. The predicted octanol–water partition coefficient (Wildman–Crippen LogP) is 1.06. The SMILES string of the molecule is COCc1c(C)c(CCO)c(CCO)c(O)c1COC. The molecule has 1 aromatic carbocycles. The minimum absolute atomic E-state index is 0.00520. The lowest BCUT2D eigenvalue weighted by molar-refractivity contribution is 0.165. The summed E-state index contributed by atoms with van der Waals surface area (Å²) in [4.78, 5) is 0. The number of phenols is 1. The van der Waals surface area contributed by atoms with Crippen molar-refractivity contribution in [3.63, 3.8) is 0 Å². The highest BCUT2D eigenvalue weighted by molar-refractivity contribution is 5.55. The van der Waals surface area contributed by atoms with Crippen LogP contribution in [0.5, 0.6) is 5.75 Å². The van der Waals surface area contributed by atoms with Gasteiger partial charge in [-0.3, -0.25) is 0 Å². The number of aliphatic hydroxyl groups is 2. The lowest BCUT2D eigenvalue weighted by Gasteiger charge is -2.21. The molecule has 0 unspecified atom stereocenters. The molecule has 3 N–H and O–H groups in total. The molecule has 0 aliphatic carbocycles. The van der Waals surface area contributed by atoms with E-state index in [1.54, 1.807) is 14.2 Å². The Hall–Kier alpha value is -1.14. The Morgan fingerprint density at radius 2 is 1.30 bits per heavy atom. The molecule has 1 aromatic rings. The Morgan fingerprint density at radius 3 is 1.80 bits per heavy atom. The van der Waals surface area contributed by atoms with E-state index in [4.69, 9.17) is 9.47 Å². The van der Waals surface area contributed by atoms with Crippen molar-refractivity contribution in [3.05, 3.63) is 27.8 Å². The molecule has 0 heterocycles. The summed E-state index contributed by atoms with van der Waals surface area (Å²) in [5.41, 5.74) is 4.13. The van der Waals surface area contributed by atoms with Crippen LogP contribution in [0, 0.1) is 6.92 Å². The average Bonchev–Trinajstić information content (AvgIpc) is 2.44. The third-order valence-corrected chi connectivity index (χ3v) is 3.51. The lowest BCUT2D eigenvalue weighted by atomic mass is 9.88. The minimum Gasteiger partial charge on any atom is -0.507 e. The largest absolute Gasteiger partial charge is 0.507 e. The van der Waals surface area contributed by atoms with Crippen molar-refractivity contribution in [2.24, 2.45) is 0 Å². The zero-order chi connectivity index (χ0) is 15.1. The van der Waals surface area contributed by atoms with Gasteiger partial charge in [0.1, 0.15) is 5.75 Å². The van der Waals surface area contributed by atoms with Gasteiger partial charge >= 0.3 is 0 Å². The van der Waals surface area contributed by atoms with Crippen molar-refractivity contribution >= 4 is 0 Å². The fourth-order valence-corrected chi connectivity index (χ4v) is 2.57. The van der Waals surface area contributed by atoms with Crippen LogP contribution in [-0.4, -0.2) is 42.8 Å². The number of hydrogen-bond donors (Lipinski definition) is 3. The van der Waals surface area contributed by atoms with Gasteiger partial charge in [0.05, 0.1) is 13.2 Å². The van der Waals surface area contributed by atoms with Crippen LogP contribution >= 0.6 is 0 Å². The maximum absolute atomic E-state index is 10.5. The molecule has 0 aromatic heterocycles. The van der Waals surface area contributed by atoms with E-state index in [9.17, 15) is 15.3 Å². The second-order valence-electron chi connectivity index (χ2n) is 4.70. The van der Waals surface area contributed by atoms with Crippen LogP contribution in [0.3, 0.4) is 0 Å². The van der Waals surface area contributed by atoms with Crippen LogP contribution in [0.15, 0.2) is 0 Å². The monoisotopic (exact) mass is 284 g/mol. The zero-order valence-corrected chi connectivity index (χ0v) is 12.4. The molecule has 0 spiro atoms. The van der Waals surface area contributed by atoms with Crippen molar-refractivity contribution in [2.45, 2.75) is 33.0 Å². The third-order valence-electron chi connectivity index (χ3n) is 3.51. The number of aliphatic hydroxyl groups excluding tert-OH is 2. The van der Waals surface area contributed by atoms with Gasteiger partial charge < -0.3 is 24.8 Å². The third kappa shape index (κ3) is 3.49. The number of phenolic OH excluding ortho intramolecular Hbond substituents is 1. The summed E-state index contributed by atoms with van der Waals surface area (Å²) in [6, 6.07) is 0. The van der Waals surface area contributed by atoms with Crippen molar-refractivity contribution < 1.29 is 24.8 Å². The van der Waals surface area contributed by atoms with Gasteiger partial charge in [-0.05, 0) is 36.5 Å². The number of ether oxygens (including phenoxy) is 2. The van der Waals surface area contributed by atoms with Crippen LogP contribution in [-0.2, 0) is 35.5 Å². The van der Waals surface area contributed by atoms with E-state index in [0.29, 0.717) is 30.6 Å². The molecule has 114 valence electrons. The first-order valence-corrected chi connectivity index (χ1v) is 6.66. The number of benzene rings is 1. The van der Waals surface area contributed by atoms with Gasteiger partial charge in [-0.15, -0.1) is 0 Å². The first-order valence-electron chi connectivity index (χ1n) is 6.66. The lowest BCUT2D eigenvalue weighted by Crippen LogP contribution is -2.11. The fraction of sp³-hybridized carbons (Fsp3) is 0.600. The van der Waals surface area contributed by atoms with Crippen LogP contribution in [0.4, 0.5) is 0 Å². The molecule has 0 atom stereocenters. The van der Waals surface area contributed by atoms with E-state index in [1.807, 2.05) is 6.92 Å². The molecule has 20 heavy (non-hydrogen) atoms. The average molecular weight is 284 g/mol. The Labute approximate surface area is 119 Å². The molecule has 5 heteroatoms. The summed E-state index contributed by atoms with van der Waals surface area (Å²) in [6.45, 7) is 2.54. The molecule has 1 rings (SSSR count). The van der Waals surface area contributed by atoms with Gasteiger partial charge in [-0.1, -0.05) is 0 Å². The summed E-state index contributed by atoms with van der Waals surface area (Å²) >= 11 is 0. The first-order chi connectivity index (χ1) is 9.62. The summed E-state index contributed by atoms with van der Waals surface area (Å²) < 4.78 is 10.4. The van der Waals surface area contributed by atoms with Crippen LogP contribution < -0.4 is 0 Å². The van der Waals surface area contributed by atoms with E-state index in [2.05, 4.69) is 0 Å². The number of methoxy groups -OCH3 is 2. The highest BCUT2D eigenvalue weighted by Crippen LogP contribution is 2.35. The maximum atomic E-state index is 10.5. The van der Waals surface area contributed by atoms with E-state index in [-0.39, 0.29) is 25.6 Å². The fourth-order valence-electron chi connectivity index (χ4n) is 2.57. The molecule has 0 amide bonds. The van der Waals surface area contributed by atoms with Crippen molar-refractivity contribution in [3.8, 4) is 5.75 Å². The zero-order valence-electron chi connectivity index (χ0n) is 12.4. The van der Waals surface area contributed by atoms with Crippen molar-refractivity contribution in [2.75, 3.05) is 27.4 Å². The molecule has 5 nitrogen and oxygen atoms in total. The standard InChI is InChI=1S/C15H24O5/c1-10-11(4-6-16)12(5-7-17)15(18)14(9-20-3)13(10)8-19-2/h16-18H,4-9H2,1-3H3. The molecule has 0 saturated heterocycles. The van der Waals surface area contributed by atoms with Gasteiger partial charge in [0.2, 0.25) is 0 Å². The van der Waals surface area contributed by atoms with Gasteiger partial charge in [0.25, 0.3) is 0 Å². The molecule has 0 saturated carbocycles. The number of aromatic hydroxyl groups is 1. The minimum atomic E-state index is -0.0541. The smallest absolute Gasteiger partial charge is 0.125 e. The van der Waals surface area contributed by atoms with E-state index in [0.717, 1.165) is 16.7 Å². The summed E-state index contributed by atoms with van der Waals surface area (Å²) in [5.74, 6) is 0.141. The summed E-state index contributed by atoms with van der Waals surface area (Å²) in [5, 5.41) is 28.9. The highest BCUT2D eigenvalue weighted by Gasteiger charge is 2.20. The number of rotatable bonds is 8. The van der Waals surface area contributed by atoms with E-state index < -0.39 is 0 Å². The van der Waals surface area contributed by atoms with Crippen LogP contribution in [0.1, 0.15) is 27.8 Å². The molecular formula is C15H24O5. The second-order valence-corrected chi connectivity index (χ2v) is 4.70. The highest BCUT2D eigenvalue weighted by atomic mass is 16.5. The summed E-state index contributed by atoms with van der Waals surface area (Å²) in [7, 11) is 3.17. The Morgan fingerprint density at radius 1 is 0.800 bits per heavy atom. The normalized spacial score (nSPS) is 11.1. The molecular weight excluding hydrogens is 260 g/mol. The van der Waals surface area contributed by atoms with Gasteiger partial charge in [0.15, 0.2) is 0 Å². The van der Waals surface area contributed by atoms with Gasteiger partial charge in [-0.25, -0.2) is 0 Å². The molecule has 0 fully saturated rings. The van der Waals surface area contributed by atoms with Crippen molar-refractivity contribution in [1.82, 2.24) is 0 Å². The molecule has 0 radical (unpaired) electrons. The topological polar surface area (TPSA) is 79.2 Å². The Kier molecular flexibility index (Phi) is 6.95. The van der Waals surface area contributed by atoms with Crippen LogP contribution in [0.2, 0.25) is 0 Å². The predicted molar refractivity (Wildman–Crippen MR) is 75.8 cm³/mol. The van der Waals surface area contributed by atoms with Gasteiger partial charge in [0, 0.05) is 38.6 Å².